The minimum atomic E-state index is -0.0709. The summed E-state index contributed by atoms with van der Waals surface area (Å²) in [6, 6.07) is 12.0. The second-order valence-corrected chi connectivity index (χ2v) is 5.99. The molecule has 1 N–H and O–H groups in total. The molecule has 5 heteroatoms. The number of amides is 1. The average molecular weight is 316 g/mol. The molecular formula is C17H18ClN3O. The Hall–Kier alpha value is -2.07. The van der Waals surface area contributed by atoms with Crippen molar-refractivity contribution in [2.24, 2.45) is 0 Å². The third kappa shape index (κ3) is 3.22. The molecule has 0 spiro atoms. The highest BCUT2D eigenvalue weighted by Crippen LogP contribution is 2.30. The van der Waals surface area contributed by atoms with Crippen LogP contribution in [0.3, 0.4) is 0 Å². The summed E-state index contributed by atoms with van der Waals surface area (Å²) in [6.07, 6.45) is 3.65. The van der Waals surface area contributed by atoms with E-state index in [1.807, 2.05) is 12.1 Å². The lowest BCUT2D eigenvalue weighted by Crippen LogP contribution is -2.42. The van der Waals surface area contributed by atoms with Gasteiger partial charge < -0.3 is 10.2 Å². The van der Waals surface area contributed by atoms with Gasteiger partial charge in [0.25, 0.3) is 0 Å². The van der Waals surface area contributed by atoms with Crippen molar-refractivity contribution in [2.75, 3.05) is 16.8 Å². The summed E-state index contributed by atoms with van der Waals surface area (Å²) in [5.74, 6) is 0.450. The van der Waals surface area contributed by atoms with Gasteiger partial charge in [-0.25, -0.2) is 4.98 Å². The number of para-hydroxylation sites is 1. The van der Waals surface area contributed by atoms with Crippen LogP contribution in [0, 0.1) is 0 Å². The molecule has 4 nitrogen and oxygen atoms in total. The number of halogens is 1. The number of nitrogens with zero attached hydrogens (tertiary/aromatic N) is 2. The van der Waals surface area contributed by atoms with Crippen LogP contribution in [0.1, 0.15) is 18.9 Å². The molecule has 0 aliphatic carbocycles. The van der Waals surface area contributed by atoms with E-state index in [0.29, 0.717) is 23.4 Å². The van der Waals surface area contributed by atoms with Crippen LogP contribution >= 0.6 is 11.6 Å². The molecule has 2 heterocycles. The lowest BCUT2D eigenvalue weighted by Gasteiger charge is -2.36. The maximum atomic E-state index is 12.3. The van der Waals surface area contributed by atoms with Crippen LogP contribution in [0.15, 0.2) is 42.6 Å². The van der Waals surface area contributed by atoms with Crippen molar-refractivity contribution < 1.29 is 4.79 Å². The molecule has 1 aromatic heterocycles. The van der Waals surface area contributed by atoms with Crippen molar-refractivity contribution in [2.45, 2.75) is 25.8 Å². The van der Waals surface area contributed by atoms with Gasteiger partial charge in [0, 0.05) is 17.9 Å². The second-order valence-electron chi connectivity index (χ2n) is 5.55. The summed E-state index contributed by atoms with van der Waals surface area (Å²) in [7, 11) is 0. The van der Waals surface area contributed by atoms with Crippen LogP contribution in [0.4, 0.5) is 11.5 Å². The molecule has 0 unspecified atom stereocenters. The van der Waals surface area contributed by atoms with Gasteiger partial charge in [0.15, 0.2) is 0 Å². The van der Waals surface area contributed by atoms with E-state index in [0.717, 1.165) is 18.5 Å². The fourth-order valence-electron chi connectivity index (χ4n) is 2.79. The zero-order valence-corrected chi connectivity index (χ0v) is 13.2. The number of aromatic nitrogens is 1. The molecule has 0 saturated heterocycles. The number of benzene rings is 1. The van der Waals surface area contributed by atoms with Gasteiger partial charge in [-0.2, -0.15) is 0 Å². The number of fused-ring (bicyclic) bond motifs is 1. The lowest BCUT2D eigenvalue weighted by atomic mass is 9.97. The van der Waals surface area contributed by atoms with Crippen LogP contribution in [0.2, 0.25) is 5.02 Å². The first-order valence-corrected chi connectivity index (χ1v) is 7.77. The van der Waals surface area contributed by atoms with E-state index < -0.39 is 0 Å². The van der Waals surface area contributed by atoms with Crippen LogP contribution < -0.4 is 10.2 Å². The highest BCUT2D eigenvalue weighted by molar-refractivity contribution is 6.30. The molecule has 1 atom stereocenters. The first-order chi connectivity index (χ1) is 10.6. The molecule has 0 bridgehead atoms. The number of aryl methyl sites for hydroxylation is 1. The summed E-state index contributed by atoms with van der Waals surface area (Å²) in [6.45, 7) is 2.48. The number of carbonyl (C=O) groups excluding carboxylic acids is 1. The molecule has 1 amide bonds. The van der Waals surface area contributed by atoms with E-state index >= 15 is 0 Å². The number of hydrogen-bond acceptors (Lipinski definition) is 3. The zero-order chi connectivity index (χ0) is 15.5. The highest BCUT2D eigenvalue weighted by atomic mass is 35.5. The van der Waals surface area contributed by atoms with E-state index in [9.17, 15) is 4.79 Å². The lowest BCUT2D eigenvalue weighted by molar-refractivity contribution is -0.115. The summed E-state index contributed by atoms with van der Waals surface area (Å²) in [5, 5.41) is 3.37. The van der Waals surface area contributed by atoms with Gasteiger partial charge in [-0.1, -0.05) is 29.8 Å². The number of rotatable bonds is 3. The van der Waals surface area contributed by atoms with Crippen molar-refractivity contribution in [3.63, 3.8) is 0 Å². The smallest absolute Gasteiger partial charge is 0.245 e. The second kappa shape index (κ2) is 6.36. The molecule has 0 radical (unpaired) electrons. The minimum Gasteiger partial charge on any atom is -0.359 e. The Morgan fingerprint density at radius 2 is 2.18 bits per heavy atom. The van der Waals surface area contributed by atoms with E-state index in [1.165, 1.54) is 11.8 Å². The fraction of sp³-hybridized carbons (Fsp3) is 0.294. The summed E-state index contributed by atoms with van der Waals surface area (Å²) < 4.78 is 0. The Kier molecular flexibility index (Phi) is 4.29. The van der Waals surface area contributed by atoms with Crippen LogP contribution in [-0.2, 0) is 11.2 Å². The Labute approximate surface area is 135 Å². The standard InChI is InChI=1S/C17H18ClN3O/c1-12-6-7-13-4-2-3-5-15(13)21(12)11-17(22)20-16-9-8-14(18)10-19-16/h2-5,8-10,12H,6-7,11H2,1H3,(H,19,20,22)/t12-/m1/s1. The Balaban J connectivity index is 1.72. The topological polar surface area (TPSA) is 45.2 Å². The largest absolute Gasteiger partial charge is 0.359 e. The van der Waals surface area contributed by atoms with Gasteiger partial charge in [0.2, 0.25) is 5.91 Å². The van der Waals surface area contributed by atoms with E-state index in [2.05, 4.69) is 34.3 Å². The average Bonchev–Trinajstić information content (AvgIpc) is 2.52. The maximum Gasteiger partial charge on any atom is 0.245 e. The fourth-order valence-corrected chi connectivity index (χ4v) is 2.90. The molecule has 2 aromatic rings. The predicted octanol–water partition coefficient (Wildman–Crippen LogP) is 3.51. The van der Waals surface area contributed by atoms with Gasteiger partial charge in [-0.05, 0) is 43.5 Å². The third-order valence-corrected chi connectivity index (χ3v) is 4.20. The van der Waals surface area contributed by atoms with Crippen molar-refractivity contribution in [1.29, 1.82) is 0 Å². The number of anilines is 2. The Bertz CT molecular complexity index is 672. The number of hydrogen-bond donors (Lipinski definition) is 1. The molecule has 1 aromatic carbocycles. The summed E-state index contributed by atoms with van der Waals surface area (Å²) in [4.78, 5) is 18.5. The van der Waals surface area contributed by atoms with Crippen molar-refractivity contribution in [1.82, 2.24) is 4.98 Å². The molecule has 1 aliphatic rings. The number of carbonyl (C=O) groups is 1. The van der Waals surface area contributed by atoms with Crippen LogP contribution in [-0.4, -0.2) is 23.5 Å². The normalized spacial score (nSPS) is 17.0. The zero-order valence-electron chi connectivity index (χ0n) is 12.4. The summed E-state index contributed by atoms with van der Waals surface area (Å²) in [5.41, 5.74) is 2.46. The van der Waals surface area contributed by atoms with Gasteiger partial charge in [0.1, 0.15) is 5.82 Å². The van der Waals surface area contributed by atoms with E-state index in [1.54, 1.807) is 12.1 Å². The van der Waals surface area contributed by atoms with Crippen molar-refractivity contribution in [3.8, 4) is 0 Å². The van der Waals surface area contributed by atoms with Gasteiger partial charge >= 0.3 is 0 Å². The maximum absolute atomic E-state index is 12.3. The van der Waals surface area contributed by atoms with Crippen molar-refractivity contribution in [3.05, 3.63) is 53.2 Å². The minimum absolute atomic E-state index is 0.0709. The molecule has 22 heavy (non-hydrogen) atoms. The molecule has 0 saturated carbocycles. The first-order valence-electron chi connectivity index (χ1n) is 7.39. The molecule has 114 valence electrons. The number of pyridine rings is 1. The summed E-state index contributed by atoms with van der Waals surface area (Å²) >= 11 is 5.80. The van der Waals surface area contributed by atoms with Crippen LogP contribution in [0.25, 0.3) is 0 Å². The monoisotopic (exact) mass is 315 g/mol. The quantitative estimate of drug-likeness (QED) is 0.942. The number of nitrogens with one attached hydrogen (secondary N) is 1. The van der Waals surface area contributed by atoms with Crippen molar-refractivity contribution >= 4 is 29.0 Å². The third-order valence-electron chi connectivity index (χ3n) is 3.97. The first kappa shape index (κ1) is 14.9. The molecule has 1 aliphatic heterocycles. The Morgan fingerprint density at radius 3 is 2.95 bits per heavy atom. The molecule has 0 fully saturated rings. The van der Waals surface area contributed by atoms with Gasteiger partial charge in [-0.3, -0.25) is 4.79 Å². The molecular weight excluding hydrogens is 298 g/mol. The van der Waals surface area contributed by atoms with Gasteiger partial charge in [-0.15, -0.1) is 0 Å². The van der Waals surface area contributed by atoms with E-state index in [4.69, 9.17) is 11.6 Å². The molecule has 3 rings (SSSR count). The van der Waals surface area contributed by atoms with Crippen LogP contribution in [0.5, 0.6) is 0 Å². The predicted molar refractivity (Wildman–Crippen MR) is 89.4 cm³/mol. The van der Waals surface area contributed by atoms with E-state index in [-0.39, 0.29) is 5.91 Å². The Morgan fingerprint density at radius 1 is 1.36 bits per heavy atom. The SMILES string of the molecule is C[C@@H]1CCc2ccccc2N1CC(=O)Nc1ccc(Cl)cn1. The van der Waals surface area contributed by atoms with Gasteiger partial charge in [0.05, 0.1) is 11.6 Å². The highest BCUT2D eigenvalue weighted by Gasteiger charge is 2.24.